The van der Waals surface area contributed by atoms with E-state index in [4.69, 9.17) is 19.3 Å². The number of rotatable bonds is 3. The second kappa shape index (κ2) is 4.37. The van der Waals surface area contributed by atoms with Gasteiger partial charge in [-0.1, -0.05) is 6.07 Å². The fourth-order valence-corrected chi connectivity index (χ4v) is 1.60. The molecule has 1 heterocycles. The van der Waals surface area contributed by atoms with Crippen LogP contribution in [0.5, 0.6) is 11.5 Å². The predicted octanol–water partition coefficient (Wildman–Crippen LogP) is 2.51. The predicted molar refractivity (Wildman–Crippen MR) is 62.9 cm³/mol. The summed E-state index contributed by atoms with van der Waals surface area (Å²) in [6, 6.07) is 5.16. The molecule has 5 nitrogen and oxygen atoms in total. The maximum absolute atomic E-state index is 9.94. The molecule has 2 N–H and O–H groups in total. The maximum atomic E-state index is 9.94. The van der Waals surface area contributed by atoms with Gasteiger partial charge in [-0.2, -0.15) is 0 Å². The second-order valence-corrected chi connectivity index (χ2v) is 3.38. The van der Waals surface area contributed by atoms with Crippen LogP contribution < -0.4 is 4.74 Å². The van der Waals surface area contributed by atoms with Crippen molar-refractivity contribution in [2.45, 2.75) is 6.92 Å². The summed E-state index contributed by atoms with van der Waals surface area (Å²) < 4.78 is 15.5. The smallest absolute Gasteiger partial charge is 0.254 e. The summed E-state index contributed by atoms with van der Waals surface area (Å²) in [6.45, 7) is 2.10. The number of para-hydroxylation sites is 1. The molecule has 1 aromatic heterocycles. The molecule has 1 aromatic carbocycles. The molecule has 0 bridgehead atoms. The Morgan fingerprint density at radius 2 is 2.24 bits per heavy atom. The fourth-order valence-electron chi connectivity index (χ4n) is 1.60. The van der Waals surface area contributed by atoms with Gasteiger partial charge in [-0.3, -0.25) is 5.41 Å². The van der Waals surface area contributed by atoms with E-state index in [1.807, 2.05) is 0 Å². The molecule has 2 rings (SSSR count). The van der Waals surface area contributed by atoms with Crippen LogP contribution in [0.4, 0.5) is 0 Å². The van der Waals surface area contributed by atoms with Gasteiger partial charge < -0.3 is 19.0 Å². The summed E-state index contributed by atoms with van der Waals surface area (Å²) in [4.78, 5) is 0. The van der Waals surface area contributed by atoms with Gasteiger partial charge in [0, 0.05) is 0 Å². The third-order valence-corrected chi connectivity index (χ3v) is 2.37. The molecule has 0 atom stereocenters. The molecule has 17 heavy (non-hydrogen) atoms. The molecule has 0 aliphatic carbocycles. The summed E-state index contributed by atoms with van der Waals surface area (Å²) >= 11 is 0. The van der Waals surface area contributed by atoms with Gasteiger partial charge in [0.1, 0.15) is 0 Å². The Morgan fingerprint density at radius 1 is 1.47 bits per heavy atom. The van der Waals surface area contributed by atoms with Crippen LogP contribution in [0.2, 0.25) is 0 Å². The Hall–Kier alpha value is -2.17. The highest BCUT2D eigenvalue weighted by molar-refractivity contribution is 6.01. The first-order chi connectivity index (χ1) is 8.19. The van der Waals surface area contributed by atoms with Crippen molar-refractivity contribution in [2.75, 3.05) is 13.7 Å². The Bertz CT molecular complexity index is 559. The van der Waals surface area contributed by atoms with Crippen molar-refractivity contribution in [1.82, 2.24) is 0 Å². The Morgan fingerprint density at radius 3 is 2.88 bits per heavy atom. The van der Waals surface area contributed by atoms with Gasteiger partial charge in [-0.05, 0) is 19.1 Å². The van der Waals surface area contributed by atoms with Crippen molar-refractivity contribution in [3.63, 3.8) is 0 Å². The molecular weight excluding hydrogens is 222 g/mol. The van der Waals surface area contributed by atoms with Gasteiger partial charge in [0.15, 0.2) is 17.1 Å². The molecule has 0 fully saturated rings. The van der Waals surface area contributed by atoms with Crippen LogP contribution in [-0.2, 0) is 4.74 Å². The van der Waals surface area contributed by atoms with E-state index >= 15 is 0 Å². The van der Waals surface area contributed by atoms with Gasteiger partial charge in [-0.25, -0.2) is 0 Å². The van der Waals surface area contributed by atoms with Gasteiger partial charge in [0.2, 0.25) is 5.76 Å². The van der Waals surface area contributed by atoms with E-state index in [2.05, 4.69) is 0 Å². The molecule has 0 unspecified atom stereocenters. The Labute approximate surface area is 98.1 Å². The minimum Gasteiger partial charge on any atom is -0.504 e. The molecule has 0 aliphatic rings. The number of benzene rings is 1. The van der Waals surface area contributed by atoms with E-state index in [-0.39, 0.29) is 17.4 Å². The average molecular weight is 235 g/mol. The SMILES string of the molecule is CCOC(=N)c1oc2c(OC)cccc2c1O. The number of ether oxygens (including phenoxy) is 2. The summed E-state index contributed by atoms with van der Waals surface area (Å²) in [5, 5.41) is 18.1. The van der Waals surface area contributed by atoms with E-state index in [0.717, 1.165) is 0 Å². The van der Waals surface area contributed by atoms with Crippen molar-refractivity contribution >= 4 is 16.9 Å². The normalized spacial score (nSPS) is 10.5. The summed E-state index contributed by atoms with van der Waals surface area (Å²) in [5.41, 5.74) is 0.409. The zero-order valence-electron chi connectivity index (χ0n) is 9.61. The highest BCUT2D eigenvalue weighted by Gasteiger charge is 2.20. The number of furan rings is 1. The van der Waals surface area contributed by atoms with Crippen LogP contribution in [0.3, 0.4) is 0 Å². The van der Waals surface area contributed by atoms with Crippen LogP contribution in [0.25, 0.3) is 11.0 Å². The zero-order valence-corrected chi connectivity index (χ0v) is 9.61. The summed E-state index contributed by atoms with van der Waals surface area (Å²) in [5.74, 6) is 0.236. The third kappa shape index (κ3) is 1.80. The van der Waals surface area contributed by atoms with E-state index < -0.39 is 0 Å². The minimum absolute atomic E-state index is 0.0198. The average Bonchev–Trinajstić information content (AvgIpc) is 2.67. The van der Waals surface area contributed by atoms with Crippen molar-refractivity contribution in [3.8, 4) is 11.5 Å². The molecule has 0 saturated heterocycles. The molecule has 0 saturated carbocycles. The van der Waals surface area contributed by atoms with Crippen molar-refractivity contribution in [2.24, 2.45) is 0 Å². The number of methoxy groups -OCH3 is 1. The summed E-state index contributed by atoms with van der Waals surface area (Å²) in [6.07, 6.45) is 0. The first-order valence-corrected chi connectivity index (χ1v) is 5.19. The number of hydrogen-bond acceptors (Lipinski definition) is 5. The van der Waals surface area contributed by atoms with Crippen LogP contribution in [-0.4, -0.2) is 24.7 Å². The number of fused-ring (bicyclic) bond motifs is 1. The lowest BCUT2D eigenvalue weighted by atomic mass is 10.2. The molecule has 0 spiro atoms. The zero-order chi connectivity index (χ0) is 12.4. The van der Waals surface area contributed by atoms with Gasteiger partial charge in [0.05, 0.1) is 19.1 Å². The molecule has 0 amide bonds. The Balaban J connectivity index is 2.60. The monoisotopic (exact) mass is 235 g/mol. The number of hydrogen-bond donors (Lipinski definition) is 2. The van der Waals surface area contributed by atoms with Crippen LogP contribution in [0.1, 0.15) is 12.7 Å². The molecule has 5 heteroatoms. The number of nitrogens with one attached hydrogen (secondary N) is 1. The van der Waals surface area contributed by atoms with E-state index in [9.17, 15) is 5.11 Å². The topological polar surface area (TPSA) is 75.7 Å². The van der Waals surface area contributed by atoms with E-state index in [0.29, 0.717) is 23.3 Å². The lowest BCUT2D eigenvalue weighted by molar-refractivity contribution is 0.313. The van der Waals surface area contributed by atoms with Gasteiger partial charge in [-0.15, -0.1) is 0 Å². The van der Waals surface area contributed by atoms with Gasteiger partial charge >= 0.3 is 0 Å². The fraction of sp³-hybridized carbons (Fsp3) is 0.250. The van der Waals surface area contributed by atoms with E-state index in [1.165, 1.54) is 7.11 Å². The second-order valence-electron chi connectivity index (χ2n) is 3.38. The molecule has 90 valence electrons. The molecule has 0 radical (unpaired) electrons. The van der Waals surface area contributed by atoms with Crippen molar-refractivity contribution in [1.29, 1.82) is 5.41 Å². The quantitative estimate of drug-likeness (QED) is 0.633. The van der Waals surface area contributed by atoms with Crippen LogP contribution >= 0.6 is 0 Å². The summed E-state index contributed by atoms with van der Waals surface area (Å²) in [7, 11) is 1.52. The standard InChI is InChI=1S/C12H13NO4/c1-3-16-12(13)11-9(14)7-5-4-6-8(15-2)10(7)17-11/h4-6,13-14H,3H2,1-2H3. The lowest BCUT2D eigenvalue weighted by Gasteiger charge is -2.00. The third-order valence-electron chi connectivity index (χ3n) is 2.37. The largest absolute Gasteiger partial charge is 0.504 e. The van der Waals surface area contributed by atoms with Crippen molar-refractivity contribution in [3.05, 3.63) is 24.0 Å². The minimum atomic E-state index is -0.191. The molecule has 2 aromatic rings. The first-order valence-electron chi connectivity index (χ1n) is 5.19. The highest BCUT2D eigenvalue weighted by atomic mass is 16.5. The molecular formula is C12H13NO4. The van der Waals surface area contributed by atoms with Gasteiger partial charge in [0.25, 0.3) is 5.90 Å². The first kappa shape index (κ1) is 11.3. The Kier molecular flexibility index (Phi) is 2.91. The lowest BCUT2D eigenvalue weighted by Crippen LogP contribution is -2.03. The van der Waals surface area contributed by atoms with Crippen LogP contribution in [0, 0.1) is 5.41 Å². The number of aromatic hydroxyl groups is 1. The maximum Gasteiger partial charge on any atom is 0.254 e. The van der Waals surface area contributed by atoms with E-state index in [1.54, 1.807) is 25.1 Å². The van der Waals surface area contributed by atoms with Crippen LogP contribution in [0.15, 0.2) is 22.6 Å². The highest BCUT2D eigenvalue weighted by Crippen LogP contribution is 2.37. The van der Waals surface area contributed by atoms with Crippen molar-refractivity contribution < 1.29 is 19.0 Å². The molecule has 0 aliphatic heterocycles.